The molecule has 1 aromatic heterocycles. The van der Waals surface area contributed by atoms with Gasteiger partial charge >= 0.3 is 0 Å². The van der Waals surface area contributed by atoms with Crippen LogP contribution in [-0.2, 0) is 16.1 Å². The monoisotopic (exact) mass is 373 g/mol. The summed E-state index contributed by atoms with van der Waals surface area (Å²) in [5, 5.41) is 6.07. The van der Waals surface area contributed by atoms with Gasteiger partial charge in [-0.2, -0.15) is 0 Å². The standard InChI is InChI=1S/C20H24FN3O3/c1-26-14-20(7-10-22-11-8-20)19(25)24-15-5-6-18(17(21)12-15)27-13-16-4-2-3-9-23-16/h2-6,9,12,22H,7-8,10-11,13-14H2,1H3,(H,24,25). The third-order valence-corrected chi connectivity index (χ3v) is 4.75. The molecule has 1 fully saturated rings. The summed E-state index contributed by atoms with van der Waals surface area (Å²) in [4.78, 5) is 16.9. The Hall–Kier alpha value is -2.51. The van der Waals surface area contributed by atoms with Gasteiger partial charge in [0, 0.05) is 25.1 Å². The van der Waals surface area contributed by atoms with Gasteiger partial charge in [0.2, 0.25) is 5.91 Å². The minimum absolute atomic E-state index is 0.118. The molecule has 0 aliphatic carbocycles. The van der Waals surface area contributed by atoms with E-state index in [9.17, 15) is 9.18 Å². The number of halogens is 1. The van der Waals surface area contributed by atoms with Gasteiger partial charge in [-0.15, -0.1) is 0 Å². The highest BCUT2D eigenvalue weighted by molar-refractivity contribution is 5.95. The van der Waals surface area contributed by atoms with Gasteiger partial charge in [0.15, 0.2) is 11.6 Å². The van der Waals surface area contributed by atoms with E-state index in [0.717, 1.165) is 13.1 Å². The van der Waals surface area contributed by atoms with E-state index in [0.29, 0.717) is 30.8 Å². The van der Waals surface area contributed by atoms with Crippen LogP contribution < -0.4 is 15.4 Å². The number of benzene rings is 1. The van der Waals surface area contributed by atoms with E-state index >= 15 is 0 Å². The summed E-state index contributed by atoms with van der Waals surface area (Å²) in [6.07, 6.45) is 3.02. The number of carbonyl (C=O) groups is 1. The van der Waals surface area contributed by atoms with Gasteiger partial charge in [-0.25, -0.2) is 4.39 Å². The molecule has 2 N–H and O–H groups in total. The SMILES string of the molecule is COCC1(C(=O)Nc2ccc(OCc3ccccn3)c(F)c2)CCNCC1. The van der Waals surface area contributed by atoms with Crippen LogP contribution in [0.15, 0.2) is 42.6 Å². The van der Waals surface area contributed by atoms with Gasteiger partial charge < -0.3 is 20.1 Å². The molecule has 7 heteroatoms. The number of methoxy groups -OCH3 is 1. The fourth-order valence-corrected chi connectivity index (χ4v) is 3.21. The van der Waals surface area contributed by atoms with Crippen molar-refractivity contribution in [1.29, 1.82) is 0 Å². The van der Waals surface area contributed by atoms with E-state index < -0.39 is 11.2 Å². The summed E-state index contributed by atoms with van der Waals surface area (Å²) in [5.74, 6) is -0.561. The lowest BCUT2D eigenvalue weighted by Crippen LogP contribution is -2.47. The first kappa shape index (κ1) is 19.3. The van der Waals surface area contributed by atoms with Crippen molar-refractivity contribution in [2.45, 2.75) is 19.4 Å². The Morgan fingerprint density at radius 2 is 2.11 bits per heavy atom. The Labute approximate surface area is 158 Å². The van der Waals surface area contributed by atoms with Crippen molar-refractivity contribution in [1.82, 2.24) is 10.3 Å². The van der Waals surface area contributed by atoms with Crippen molar-refractivity contribution < 1.29 is 18.7 Å². The third-order valence-electron chi connectivity index (χ3n) is 4.75. The molecule has 27 heavy (non-hydrogen) atoms. The van der Waals surface area contributed by atoms with Gasteiger partial charge in [-0.1, -0.05) is 6.07 Å². The first-order valence-electron chi connectivity index (χ1n) is 8.96. The highest BCUT2D eigenvalue weighted by Gasteiger charge is 2.39. The van der Waals surface area contributed by atoms with Crippen LogP contribution in [0.5, 0.6) is 5.75 Å². The number of ether oxygens (including phenoxy) is 2. The van der Waals surface area contributed by atoms with E-state index in [1.165, 1.54) is 12.1 Å². The van der Waals surface area contributed by atoms with Crippen molar-refractivity contribution in [3.63, 3.8) is 0 Å². The largest absolute Gasteiger partial charge is 0.484 e. The maximum atomic E-state index is 14.4. The van der Waals surface area contributed by atoms with Crippen LogP contribution in [0.4, 0.5) is 10.1 Å². The third kappa shape index (κ3) is 4.81. The summed E-state index contributed by atoms with van der Waals surface area (Å²) < 4.78 is 25.1. The molecule has 144 valence electrons. The fourth-order valence-electron chi connectivity index (χ4n) is 3.21. The molecule has 1 aliphatic heterocycles. The summed E-state index contributed by atoms with van der Waals surface area (Å²) in [6.45, 7) is 2.03. The van der Waals surface area contributed by atoms with E-state index in [4.69, 9.17) is 9.47 Å². The highest BCUT2D eigenvalue weighted by Crippen LogP contribution is 2.31. The van der Waals surface area contributed by atoms with Gasteiger partial charge in [0.25, 0.3) is 0 Å². The molecule has 0 saturated carbocycles. The molecule has 1 aromatic carbocycles. The van der Waals surface area contributed by atoms with Crippen LogP contribution in [0.25, 0.3) is 0 Å². The number of nitrogens with zero attached hydrogens (tertiary/aromatic N) is 1. The molecule has 2 heterocycles. The predicted octanol–water partition coefficient (Wildman–Crippen LogP) is 2.75. The molecule has 0 bridgehead atoms. The zero-order chi connectivity index (χ0) is 19.1. The predicted molar refractivity (Wildman–Crippen MR) is 100 cm³/mol. The molecule has 0 unspecified atom stereocenters. The second-order valence-corrected chi connectivity index (χ2v) is 6.67. The number of rotatable bonds is 7. The number of hydrogen-bond donors (Lipinski definition) is 2. The second-order valence-electron chi connectivity index (χ2n) is 6.67. The van der Waals surface area contributed by atoms with Crippen LogP contribution in [0.2, 0.25) is 0 Å². The van der Waals surface area contributed by atoms with Crippen molar-refractivity contribution in [2.75, 3.05) is 32.1 Å². The minimum Gasteiger partial charge on any atom is -0.484 e. The summed E-state index contributed by atoms with van der Waals surface area (Å²) in [6, 6.07) is 9.88. The molecular weight excluding hydrogens is 349 g/mol. The molecule has 3 rings (SSSR count). The molecular formula is C20H24FN3O3. The number of carbonyl (C=O) groups excluding carboxylic acids is 1. The molecule has 6 nitrogen and oxygen atoms in total. The molecule has 0 spiro atoms. The molecule has 0 radical (unpaired) electrons. The molecule has 1 saturated heterocycles. The maximum absolute atomic E-state index is 14.4. The lowest BCUT2D eigenvalue weighted by atomic mass is 9.78. The van der Waals surface area contributed by atoms with Crippen LogP contribution in [0.1, 0.15) is 18.5 Å². The van der Waals surface area contributed by atoms with Crippen molar-refractivity contribution in [3.8, 4) is 5.75 Å². The first-order chi connectivity index (χ1) is 13.1. The van der Waals surface area contributed by atoms with Gasteiger partial charge in [-0.05, 0) is 50.2 Å². The number of pyridine rings is 1. The second kappa shape index (κ2) is 8.92. The number of anilines is 1. The van der Waals surface area contributed by atoms with E-state index in [2.05, 4.69) is 15.6 Å². The number of amides is 1. The first-order valence-corrected chi connectivity index (χ1v) is 8.96. The molecule has 1 aliphatic rings. The van der Waals surface area contributed by atoms with E-state index in [-0.39, 0.29) is 18.3 Å². The lowest BCUT2D eigenvalue weighted by Gasteiger charge is -2.35. The Balaban J connectivity index is 1.65. The molecule has 0 atom stereocenters. The molecule has 2 aromatic rings. The van der Waals surface area contributed by atoms with Crippen LogP contribution in [0.3, 0.4) is 0 Å². The average molecular weight is 373 g/mol. The maximum Gasteiger partial charge on any atom is 0.233 e. The minimum atomic E-state index is -0.593. The fraction of sp³-hybridized carbons (Fsp3) is 0.400. The quantitative estimate of drug-likeness (QED) is 0.781. The van der Waals surface area contributed by atoms with E-state index in [1.807, 2.05) is 6.07 Å². The van der Waals surface area contributed by atoms with E-state index in [1.54, 1.807) is 31.5 Å². The van der Waals surface area contributed by atoms with Gasteiger partial charge in [0.1, 0.15) is 6.61 Å². The van der Waals surface area contributed by atoms with Crippen molar-refractivity contribution in [2.24, 2.45) is 5.41 Å². The summed E-state index contributed by atoms with van der Waals surface area (Å²) in [7, 11) is 1.59. The number of aromatic nitrogens is 1. The summed E-state index contributed by atoms with van der Waals surface area (Å²) in [5.41, 5.74) is 0.517. The summed E-state index contributed by atoms with van der Waals surface area (Å²) >= 11 is 0. The number of hydrogen-bond acceptors (Lipinski definition) is 5. The number of piperidine rings is 1. The van der Waals surface area contributed by atoms with Gasteiger partial charge in [0.05, 0.1) is 17.7 Å². The smallest absolute Gasteiger partial charge is 0.233 e. The zero-order valence-electron chi connectivity index (χ0n) is 15.3. The van der Waals surface area contributed by atoms with Crippen LogP contribution in [-0.4, -0.2) is 37.7 Å². The van der Waals surface area contributed by atoms with Crippen LogP contribution >= 0.6 is 0 Å². The Kier molecular flexibility index (Phi) is 6.36. The van der Waals surface area contributed by atoms with Crippen molar-refractivity contribution in [3.05, 3.63) is 54.1 Å². The number of nitrogens with one attached hydrogen (secondary N) is 2. The Morgan fingerprint density at radius 1 is 1.30 bits per heavy atom. The lowest BCUT2D eigenvalue weighted by molar-refractivity contribution is -0.130. The average Bonchev–Trinajstić information content (AvgIpc) is 2.69. The Morgan fingerprint density at radius 3 is 2.78 bits per heavy atom. The highest BCUT2D eigenvalue weighted by atomic mass is 19.1. The zero-order valence-corrected chi connectivity index (χ0v) is 15.3. The van der Waals surface area contributed by atoms with Crippen molar-refractivity contribution >= 4 is 11.6 Å². The molecule has 1 amide bonds. The van der Waals surface area contributed by atoms with Crippen LogP contribution in [0, 0.1) is 11.2 Å². The normalized spacial score (nSPS) is 15.9. The Bertz CT molecular complexity index is 759. The topological polar surface area (TPSA) is 72.5 Å². The van der Waals surface area contributed by atoms with Gasteiger partial charge in [-0.3, -0.25) is 9.78 Å².